The van der Waals surface area contributed by atoms with Gasteiger partial charge in [0.05, 0.1) is 45.1 Å². The summed E-state index contributed by atoms with van der Waals surface area (Å²) >= 11 is 5.57. The van der Waals surface area contributed by atoms with Crippen LogP contribution in [0.2, 0.25) is 0 Å². The molecule has 0 radical (unpaired) electrons. The van der Waals surface area contributed by atoms with Crippen LogP contribution < -0.4 is 16.6 Å². The number of aliphatic hydroxyl groups excluding tert-OH is 1. The molecule has 3 N–H and O–H groups in total. The van der Waals surface area contributed by atoms with Crippen molar-refractivity contribution < 1.29 is 56.1 Å². The summed E-state index contributed by atoms with van der Waals surface area (Å²) in [5, 5.41) is 21.6. The number of nitrogens with one attached hydrogen (secondary N) is 2. The van der Waals surface area contributed by atoms with E-state index < -0.39 is 98.9 Å². The van der Waals surface area contributed by atoms with Gasteiger partial charge in [0.25, 0.3) is 11.5 Å². The number of rotatable bonds is 17. The molecule has 20 nitrogen and oxygen atoms in total. The van der Waals surface area contributed by atoms with Crippen molar-refractivity contribution in [2.24, 2.45) is 0 Å². The Morgan fingerprint density at radius 2 is 1.74 bits per heavy atom. The molecule has 3 unspecified atom stereocenters. The highest BCUT2D eigenvalue weighted by atomic mass is 32.5. The number of Topliss-reactive ketones (excluding diaryl/α,β-unsaturated/α-hetero) is 1. The maximum Gasteiger partial charge on any atom is 0.330 e. The predicted molar refractivity (Wildman–Crippen MR) is 197 cm³/mol. The average Bonchev–Trinajstić information content (AvgIpc) is 3.86. The molecule has 6 rings (SSSR count). The van der Waals surface area contributed by atoms with E-state index in [9.17, 15) is 29.1 Å². The van der Waals surface area contributed by atoms with Gasteiger partial charge in [-0.15, -0.1) is 0 Å². The van der Waals surface area contributed by atoms with Crippen molar-refractivity contribution in [2.75, 3.05) is 25.1 Å². The van der Waals surface area contributed by atoms with E-state index in [1.165, 1.54) is 17.8 Å². The van der Waals surface area contributed by atoms with Crippen LogP contribution in [0, 0.1) is 11.3 Å². The maximum absolute atomic E-state index is 16.5. The zero-order valence-corrected chi connectivity index (χ0v) is 32.0. The normalized spacial score (nSPS) is 25.2. The van der Waals surface area contributed by atoms with Gasteiger partial charge in [-0.05, 0) is 30.9 Å². The number of nitriles is 1. The fourth-order valence-electron chi connectivity index (χ4n) is 5.99. The summed E-state index contributed by atoms with van der Waals surface area (Å²) in [5.74, 6) is -1.75. The smallest absolute Gasteiger partial charge is 0.330 e. The second-order valence-corrected chi connectivity index (χ2v) is 15.8. The third-order valence-electron chi connectivity index (χ3n) is 8.79. The number of hydrogen-bond donors (Lipinski definition) is 3. The quantitative estimate of drug-likeness (QED) is 0.0779. The van der Waals surface area contributed by atoms with Gasteiger partial charge in [0, 0.05) is 24.2 Å². The van der Waals surface area contributed by atoms with Gasteiger partial charge in [0.1, 0.15) is 30.4 Å². The minimum Gasteiger partial charge on any atom is -0.454 e. The van der Waals surface area contributed by atoms with Crippen molar-refractivity contribution in [3.63, 3.8) is 0 Å². The first-order valence-electron chi connectivity index (χ1n) is 17.5. The highest BCUT2D eigenvalue weighted by molar-refractivity contribution is 8.07. The number of nitrogens with zero attached hydrogens (tertiary/aromatic N) is 6. The first kappa shape index (κ1) is 42.4. The molecule has 4 aromatic rings. The minimum atomic E-state index is -4.25. The van der Waals surface area contributed by atoms with Crippen molar-refractivity contribution in [3.05, 3.63) is 81.7 Å². The van der Waals surface area contributed by atoms with Crippen LogP contribution in [-0.2, 0) is 49.2 Å². The molecule has 308 valence electrons. The summed E-state index contributed by atoms with van der Waals surface area (Å²) in [6.45, 7) is -5.00. The van der Waals surface area contributed by atoms with Crippen LogP contribution in [0.3, 0.4) is 0 Å². The maximum atomic E-state index is 16.5. The predicted octanol–water partition coefficient (Wildman–Crippen LogP) is 1.93. The Morgan fingerprint density at radius 3 is 2.45 bits per heavy atom. The van der Waals surface area contributed by atoms with E-state index in [4.69, 9.17) is 44.9 Å². The Balaban J connectivity index is 1.27. The van der Waals surface area contributed by atoms with Crippen LogP contribution in [0.25, 0.3) is 11.2 Å². The number of hydrogen-bond acceptors (Lipinski definition) is 17. The van der Waals surface area contributed by atoms with Crippen LogP contribution >= 0.6 is 6.72 Å². The van der Waals surface area contributed by atoms with Gasteiger partial charge < -0.3 is 38.5 Å². The lowest BCUT2D eigenvalue weighted by Gasteiger charge is -2.29. The van der Waals surface area contributed by atoms with E-state index in [0.29, 0.717) is 5.56 Å². The summed E-state index contributed by atoms with van der Waals surface area (Å²) in [6, 6.07) is 11.1. The number of halogens is 2. The molecule has 2 aliphatic rings. The molecule has 1 amide bonds. The molecule has 3 aromatic heterocycles. The molecule has 0 saturated carbocycles. The Kier molecular flexibility index (Phi) is 13.6. The van der Waals surface area contributed by atoms with Gasteiger partial charge in [0.15, 0.2) is 47.9 Å². The molecule has 0 aliphatic carbocycles. The highest BCUT2D eigenvalue weighted by Gasteiger charge is 2.52. The number of carbonyl (C=O) groups is 3. The molecule has 58 heavy (non-hydrogen) atoms. The summed E-state index contributed by atoms with van der Waals surface area (Å²) in [4.78, 5) is 76.3. The summed E-state index contributed by atoms with van der Waals surface area (Å²) in [7, 11) is 0. The Hall–Kier alpha value is -5.18. The number of imidazole rings is 1. The molecule has 5 heterocycles. The zero-order chi connectivity index (χ0) is 41.6. The van der Waals surface area contributed by atoms with Crippen molar-refractivity contribution >= 4 is 53.2 Å². The summed E-state index contributed by atoms with van der Waals surface area (Å²) in [5.41, 5.74) is -1.34. The van der Waals surface area contributed by atoms with Gasteiger partial charge in [0.2, 0.25) is 0 Å². The van der Waals surface area contributed by atoms with Gasteiger partial charge in [-0.2, -0.15) is 5.26 Å². The third kappa shape index (κ3) is 9.57. The zero-order valence-electron chi connectivity index (χ0n) is 30.3. The van der Waals surface area contributed by atoms with E-state index in [1.54, 1.807) is 30.3 Å². The van der Waals surface area contributed by atoms with E-state index in [-0.39, 0.29) is 42.0 Å². The van der Waals surface area contributed by atoms with Crippen LogP contribution in [0.4, 0.5) is 14.6 Å². The lowest BCUT2D eigenvalue weighted by molar-refractivity contribution is -0.157. The highest BCUT2D eigenvalue weighted by Crippen LogP contribution is 2.55. The average molecular weight is 849 g/mol. The molecule has 2 saturated heterocycles. The number of H-pyrrole nitrogens is 1. The SMILES string of the molecule is CC(=O)CCC(=O)OC1[C@@H](F)[C@@H](COP(=S)(OCCC#N)OC2[C@@H](F)[C@@H](CO)O[C@H]2n2ccc(=O)[nH]c2=O)O[C@H]1n1cnc2c(NC(=O)c3ccccc3)ncnc21. The van der Waals surface area contributed by atoms with Gasteiger partial charge in [-0.25, -0.2) is 28.5 Å². The number of esters is 1. The number of ether oxygens (including phenoxy) is 3. The number of aromatic nitrogens is 6. The molecule has 9 atom stereocenters. The monoisotopic (exact) mass is 848 g/mol. The second-order valence-electron chi connectivity index (χ2n) is 12.8. The van der Waals surface area contributed by atoms with Crippen LogP contribution in [0.15, 0.2) is 64.8 Å². The van der Waals surface area contributed by atoms with E-state index in [2.05, 4.69) is 20.3 Å². The van der Waals surface area contributed by atoms with Crippen molar-refractivity contribution in [2.45, 2.75) is 75.4 Å². The summed E-state index contributed by atoms with van der Waals surface area (Å²) < 4.78 is 68.7. The molecule has 1 aromatic carbocycles. The van der Waals surface area contributed by atoms with E-state index in [0.717, 1.165) is 23.2 Å². The first-order chi connectivity index (χ1) is 27.8. The second kappa shape index (κ2) is 18.6. The summed E-state index contributed by atoms with van der Waals surface area (Å²) in [6.07, 6.45) is -11.5. The molecule has 24 heteroatoms. The number of benzene rings is 1. The lowest BCUT2D eigenvalue weighted by atomic mass is 10.1. The molecule has 0 bridgehead atoms. The number of alkyl halides is 2. The molecule has 2 fully saturated rings. The van der Waals surface area contributed by atoms with Gasteiger partial charge >= 0.3 is 18.4 Å². The molecular weight excluding hydrogens is 813 g/mol. The Bertz CT molecular complexity index is 2350. The first-order valence-corrected chi connectivity index (χ1v) is 20.1. The topological polar surface area (TPSA) is 261 Å². The van der Waals surface area contributed by atoms with Crippen molar-refractivity contribution in [1.29, 1.82) is 5.26 Å². The molecule has 0 spiro atoms. The number of fused-ring (bicyclic) bond motifs is 1. The third-order valence-corrected chi connectivity index (χ3v) is 11.2. The standard InChI is InChI=1S/C34H35F2N8O12PS/c1-18(46)8-9-23(48)55-27-25(36)21(54-32(27)44-17-40-26-29(38-16-39-30(26)44)42-31(49)19-6-3-2-4-7-19)15-52-57(58,51-13-5-11-37)56-28-24(35)20(14-45)53-33(28)43-12-10-22(47)41-34(43)50/h2-4,6-7,10,12,16-17,20-21,24-25,27-28,32-33,45H,5,8-9,13-15H2,1H3,(H,41,47,50)(H,38,39,42,49)/t20-,21-,24+,25+,27?,28?,32-,33-,57?/m1/s1. The number of carbonyl (C=O) groups excluding carboxylic acids is 3. The number of aromatic amines is 1. The number of ketones is 1. The number of amides is 1. The fourth-order valence-corrected chi connectivity index (χ4v) is 8.05. The van der Waals surface area contributed by atoms with Crippen molar-refractivity contribution in [3.8, 4) is 6.07 Å². The van der Waals surface area contributed by atoms with Gasteiger partial charge in [-0.3, -0.25) is 33.0 Å². The number of aliphatic hydroxyl groups is 1. The molecular formula is C34H35F2N8O12PS. The van der Waals surface area contributed by atoms with Crippen LogP contribution in [0.1, 0.15) is 49.0 Å². The van der Waals surface area contributed by atoms with Gasteiger partial charge in [-0.1, -0.05) is 18.2 Å². The Morgan fingerprint density at radius 1 is 1.02 bits per heavy atom. The minimum absolute atomic E-state index is 0.00238. The Labute approximate surface area is 331 Å². The van der Waals surface area contributed by atoms with E-state index in [1.807, 2.05) is 11.1 Å². The lowest BCUT2D eigenvalue weighted by Crippen LogP contribution is -2.38. The largest absolute Gasteiger partial charge is 0.454 e. The van der Waals surface area contributed by atoms with Crippen molar-refractivity contribution in [1.82, 2.24) is 29.1 Å². The molecule has 2 aliphatic heterocycles. The van der Waals surface area contributed by atoms with Crippen LogP contribution in [-0.4, -0.2) is 108 Å². The number of anilines is 1. The van der Waals surface area contributed by atoms with E-state index >= 15 is 8.78 Å². The van der Waals surface area contributed by atoms with Crippen LogP contribution in [0.5, 0.6) is 0 Å². The fraction of sp³-hybridized carbons (Fsp3) is 0.441.